The van der Waals surface area contributed by atoms with E-state index in [2.05, 4.69) is 0 Å². The molecule has 0 spiro atoms. The summed E-state index contributed by atoms with van der Waals surface area (Å²) in [6, 6.07) is 37.7. The van der Waals surface area contributed by atoms with Crippen LogP contribution in [0.1, 0.15) is 16.7 Å². The van der Waals surface area contributed by atoms with E-state index in [9.17, 15) is 4.79 Å². The topological polar surface area (TPSA) is 94.8 Å². The zero-order valence-corrected chi connectivity index (χ0v) is 27.3. The highest BCUT2D eigenvalue weighted by Gasteiger charge is 2.21. The number of rotatable bonds is 16. The Morgan fingerprint density at radius 2 is 1.04 bits per heavy atom. The van der Waals surface area contributed by atoms with Gasteiger partial charge in [-0.05, 0) is 28.8 Å². The molecule has 49 heavy (non-hydrogen) atoms. The number of hydrogen-bond acceptors (Lipinski definition) is 9. The summed E-state index contributed by atoms with van der Waals surface area (Å²) in [6.07, 6.45) is 0. The minimum Gasteiger partial charge on any atom is -0.485 e. The molecule has 0 aliphatic heterocycles. The third kappa shape index (κ3) is 8.58. The van der Waals surface area contributed by atoms with Crippen LogP contribution in [0.2, 0.25) is 0 Å². The smallest absolute Gasteiger partial charge is 0.203 e. The Kier molecular flexibility index (Phi) is 11.1. The fourth-order valence-corrected chi connectivity index (χ4v) is 5.09. The molecule has 0 fully saturated rings. The van der Waals surface area contributed by atoms with Crippen LogP contribution in [0.5, 0.6) is 28.7 Å². The summed E-state index contributed by atoms with van der Waals surface area (Å²) in [6.45, 7) is 0.744. The van der Waals surface area contributed by atoms with Gasteiger partial charge in [0.25, 0.3) is 0 Å². The first-order chi connectivity index (χ1) is 24.1. The van der Waals surface area contributed by atoms with E-state index in [0.717, 1.165) is 16.7 Å². The van der Waals surface area contributed by atoms with Gasteiger partial charge in [-0.2, -0.15) is 0 Å². The van der Waals surface area contributed by atoms with Gasteiger partial charge in [-0.15, -0.1) is 0 Å². The van der Waals surface area contributed by atoms with Crippen LogP contribution in [0.4, 0.5) is 0 Å². The summed E-state index contributed by atoms with van der Waals surface area (Å²) in [7, 11) is 3.01. The van der Waals surface area contributed by atoms with Crippen LogP contribution in [0.25, 0.3) is 22.3 Å². The van der Waals surface area contributed by atoms with Crippen LogP contribution >= 0.6 is 0 Å². The van der Waals surface area contributed by atoms with E-state index in [4.69, 9.17) is 37.6 Å². The van der Waals surface area contributed by atoms with Gasteiger partial charge in [0.05, 0.1) is 0 Å². The van der Waals surface area contributed by atoms with E-state index >= 15 is 0 Å². The van der Waals surface area contributed by atoms with E-state index in [1.807, 2.05) is 91.0 Å². The van der Waals surface area contributed by atoms with Gasteiger partial charge in [-0.1, -0.05) is 91.0 Å². The maximum absolute atomic E-state index is 13.7. The first kappa shape index (κ1) is 33.1. The van der Waals surface area contributed by atoms with Crippen molar-refractivity contribution in [1.29, 1.82) is 0 Å². The average Bonchev–Trinajstić information content (AvgIpc) is 3.14. The Bertz CT molecular complexity index is 1950. The third-order valence-electron chi connectivity index (χ3n) is 7.45. The fraction of sp³-hybridized carbons (Fsp3) is 0.175. The van der Waals surface area contributed by atoms with Gasteiger partial charge in [0, 0.05) is 38.0 Å². The molecule has 9 nitrogen and oxygen atoms in total. The standard InChI is InChI=1S/C40H36O9/c1-42-26-47-32-20-35(48-27-43-2)39-33(41)22-34(49-36(39)21-32)31-18-37(44-23-28-12-6-3-7-13-28)40(46-25-30-16-10-5-11-17-30)38(19-31)45-24-29-14-8-4-9-15-29/h3-22H,23-27H2,1-2H3. The zero-order chi connectivity index (χ0) is 33.8. The molecule has 0 amide bonds. The molecule has 9 heteroatoms. The lowest BCUT2D eigenvalue weighted by molar-refractivity contribution is 0.0467. The van der Waals surface area contributed by atoms with Crippen molar-refractivity contribution in [2.45, 2.75) is 19.8 Å². The summed E-state index contributed by atoms with van der Waals surface area (Å²) in [4.78, 5) is 13.7. The third-order valence-corrected chi connectivity index (χ3v) is 7.45. The maximum Gasteiger partial charge on any atom is 0.203 e. The molecule has 0 saturated heterocycles. The van der Waals surface area contributed by atoms with Gasteiger partial charge in [0.2, 0.25) is 5.75 Å². The molecule has 250 valence electrons. The molecule has 0 unspecified atom stereocenters. The average molecular weight is 661 g/mol. The zero-order valence-electron chi connectivity index (χ0n) is 27.3. The van der Waals surface area contributed by atoms with E-state index < -0.39 is 0 Å². The lowest BCUT2D eigenvalue weighted by Gasteiger charge is -2.19. The molecule has 1 heterocycles. The van der Waals surface area contributed by atoms with Crippen molar-refractivity contribution in [3.05, 3.63) is 148 Å². The van der Waals surface area contributed by atoms with Crippen molar-refractivity contribution in [3.63, 3.8) is 0 Å². The van der Waals surface area contributed by atoms with Crippen molar-refractivity contribution in [3.8, 4) is 40.1 Å². The first-order valence-electron chi connectivity index (χ1n) is 15.6. The highest BCUT2D eigenvalue weighted by atomic mass is 16.7. The lowest BCUT2D eigenvalue weighted by atomic mass is 10.1. The Hall–Kier alpha value is -5.77. The first-order valence-corrected chi connectivity index (χ1v) is 15.6. The molecule has 0 bridgehead atoms. The van der Waals surface area contributed by atoms with Gasteiger partial charge >= 0.3 is 0 Å². The number of benzene rings is 5. The number of fused-ring (bicyclic) bond motifs is 1. The van der Waals surface area contributed by atoms with E-state index in [1.165, 1.54) is 20.3 Å². The summed E-state index contributed by atoms with van der Waals surface area (Å²) in [5, 5.41) is 0.245. The maximum atomic E-state index is 13.7. The molecule has 0 saturated carbocycles. The van der Waals surface area contributed by atoms with Crippen LogP contribution in [0.15, 0.2) is 131 Å². The second kappa shape index (κ2) is 16.4. The monoisotopic (exact) mass is 660 g/mol. The molecule has 6 aromatic rings. The normalized spacial score (nSPS) is 10.9. The highest BCUT2D eigenvalue weighted by Crippen LogP contribution is 2.43. The van der Waals surface area contributed by atoms with Gasteiger partial charge in [0.15, 0.2) is 30.5 Å². The van der Waals surface area contributed by atoms with Gasteiger partial charge in [-0.25, -0.2) is 0 Å². The Morgan fingerprint density at radius 1 is 0.531 bits per heavy atom. The van der Waals surface area contributed by atoms with Gasteiger partial charge in [-0.3, -0.25) is 4.79 Å². The van der Waals surface area contributed by atoms with Gasteiger partial charge < -0.3 is 37.6 Å². The van der Waals surface area contributed by atoms with Crippen LogP contribution in [-0.4, -0.2) is 27.8 Å². The summed E-state index contributed by atoms with van der Waals surface area (Å²) >= 11 is 0. The van der Waals surface area contributed by atoms with E-state index in [0.29, 0.717) is 28.6 Å². The lowest BCUT2D eigenvalue weighted by Crippen LogP contribution is -2.08. The fourth-order valence-electron chi connectivity index (χ4n) is 5.09. The highest BCUT2D eigenvalue weighted by molar-refractivity contribution is 5.86. The van der Waals surface area contributed by atoms with Gasteiger partial charge in [0.1, 0.15) is 48.0 Å². The van der Waals surface area contributed by atoms with E-state index in [-0.39, 0.29) is 61.3 Å². The number of hydrogen-bond donors (Lipinski definition) is 0. The van der Waals surface area contributed by atoms with Crippen molar-refractivity contribution in [2.75, 3.05) is 27.8 Å². The Morgan fingerprint density at radius 3 is 1.57 bits per heavy atom. The second-order valence-corrected chi connectivity index (χ2v) is 11.0. The summed E-state index contributed by atoms with van der Waals surface area (Å²) < 4.78 is 47.2. The summed E-state index contributed by atoms with van der Waals surface area (Å²) in [5.41, 5.74) is 3.40. The Labute approximate surface area is 284 Å². The minimum absolute atomic E-state index is 0.00613. The van der Waals surface area contributed by atoms with Crippen molar-refractivity contribution in [2.24, 2.45) is 0 Å². The number of ether oxygens (including phenoxy) is 7. The van der Waals surface area contributed by atoms with Crippen LogP contribution in [-0.2, 0) is 29.3 Å². The molecule has 0 radical (unpaired) electrons. The van der Waals surface area contributed by atoms with Crippen LogP contribution < -0.4 is 29.1 Å². The van der Waals surface area contributed by atoms with E-state index in [1.54, 1.807) is 24.3 Å². The molecular formula is C40H36O9. The Balaban J connectivity index is 1.46. The molecule has 0 N–H and O–H groups in total. The SMILES string of the molecule is COCOc1cc(OCOC)c2c(=O)cc(-c3cc(OCc4ccccc4)c(OCc4ccccc4)c(OCc4ccccc4)c3)oc2c1. The molecule has 0 aliphatic carbocycles. The van der Waals surface area contributed by atoms with Crippen molar-refractivity contribution >= 4 is 11.0 Å². The molecule has 0 atom stereocenters. The molecule has 6 rings (SSSR count). The van der Waals surface area contributed by atoms with Crippen molar-refractivity contribution < 1.29 is 37.6 Å². The number of methoxy groups -OCH3 is 2. The predicted molar refractivity (Wildman–Crippen MR) is 185 cm³/mol. The van der Waals surface area contributed by atoms with Crippen LogP contribution in [0, 0.1) is 0 Å². The molecule has 5 aromatic carbocycles. The molecular weight excluding hydrogens is 624 g/mol. The van der Waals surface area contributed by atoms with Crippen LogP contribution in [0.3, 0.4) is 0 Å². The predicted octanol–water partition coefficient (Wildman–Crippen LogP) is 8.16. The van der Waals surface area contributed by atoms with Crippen molar-refractivity contribution in [1.82, 2.24) is 0 Å². The minimum atomic E-state index is -0.316. The summed E-state index contributed by atoms with van der Waals surface area (Å²) in [5.74, 6) is 2.20. The quantitative estimate of drug-likeness (QED) is 0.0953. The molecule has 0 aliphatic rings. The molecule has 1 aromatic heterocycles. The second-order valence-electron chi connectivity index (χ2n) is 11.0. The largest absolute Gasteiger partial charge is 0.485 e.